The number of benzene rings is 1. The first-order valence-corrected chi connectivity index (χ1v) is 9.37. The molecule has 0 aliphatic carbocycles. The lowest BCUT2D eigenvalue weighted by Gasteiger charge is -2.25. The van der Waals surface area contributed by atoms with E-state index in [-0.39, 0.29) is 5.56 Å². The summed E-state index contributed by atoms with van der Waals surface area (Å²) in [6.07, 6.45) is 1.01. The number of ether oxygens (including phenoxy) is 1. The van der Waals surface area contributed by atoms with Gasteiger partial charge in [-0.2, -0.15) is 0 Å². The fourth-order valence-electron chi connectivity index (χ4n) is 2.81. The molecule has 2 aromatic rings. The van der Waals surface area contributed by atoms with Gasteiger partial charge in [0.2, 0.25) is 0 Å². The number of rotatable bonds is 8. The Labute approximate surface area is 160 Å². The number of thiocarbonyl (C=S) groups is 1. The van der Waals surface area contributed by atoms with Gasteiger partial charge in [-0.15, -0.1) is 0 Å². The van der Waals surface area contributed by atoms with Crippen LogP contribution in [0.2, 0.25) is 0 Å². The zero-order valence-electron chi connectivity index (χ0n) is 16.0. The van der Waals surface area contributed by atoms with E-state index in [0.29, 0.717) is 17.2 Å². The summed E-state index contributed by atoms with van der Waals surface area (Å²) in [5.74, 6) is 0.724. The topological polar surface area (TPSA) is 61.8 Å². The maximum atomic E-state index is 12.5. The molecule has 7 heteroatoms. The fourth-order valence-corrected chi connectivity index (χ4v) is 3.11. The molecule has 1 aromatic heterocycles. The smallest absolute Gasteiger partial charge is 0.253 e. The molecule has 6 nitrogen and oxygen atoms in total. The van der Waals surface area contributed by atoms with Crippen molar-refractivity contribution in [2.24, 2.45) is 0 Å². The summed E-state index contributed by atoms with van der Waals surface area (Å²) >= 11 is 5.50. The standard InChI is InChI=1S/C19H28N4O2S/c1-5-20-19(26)23(10-6-9-22(2)3)13-15-11-14-7-8-16(25-4)12-17(14)21-18(15)24/h7-8,11-12H,5-6,9-10,13H2,1-4H3,(H,20,26)(H,21,24)/p+1. The average Bonchev–Trinajstić information content (AvgIpc) is 2.60. The van der Waals surface area contributed by atoms with E-state index in [9.17, 15) is 4.79 Å². The average molecular weight is 378 g/mol. The molecule has 2 rings (SSSR count). The Morgan fingerprint density at radius 3 is 2.77 bits per heavy atom. The van der Waals surface area contributed by atoms with E-state index in [2.05, 4.69) is 29.3 Å². The zero-order chi connectivity index (χ0) is 19.1. The number of aromatic amines is 1. The molecule has 142 valence electrons. The third-order valence-electron chi connectivity index (χ3n) is 4.21. The molecule has 0 saturated heterocycles. The number of hydrogen-bond donors (Lipinski definition) is 3. The summed E-state index contributed by atoms with van der Waals surface area (Å²) in [4.78, 5) is 19.0. The molecule has 0 unspecified atom stereocenters. The van der Waals surface area contributed by atoms with Crippen LogP contribution in [0.15, 0.2) is 29.1 Å². The number of quaternary nitrogens is 1. The van der Waals surface area contributed by atoms with Gasteiger partial charge in [-0.1, -0.05) is 0 Å². The highest BCUT2D eigenvalue weighted by molar-refractivity contribution is 7.80. The van der Waals surface area contributed by atoms with Crippen LogP contribution >= 0.6 is 12.2 Å². The number of H-pyrrole nitrogens is 1. The minimum atomic E-state index is -0.0895. The van der Waals surface area contributed by atoms with E-state index in [4.69, 9.17) is 17.0 Å². The summed E-state index contributed by atoms with van der Waals surface area (Å²) in [5.41, 5.74) is 1.39. The highest BCUT2D eigenvalue weighted by Crippen LogP contribution is 2.19. The molecule has 0 radical (unpaired) electrons. The second-order valence-corrected chi connectivity index (χ2v) is 7.03. The Kier molecular flexibility index (Phi) is 7.41. The van der Waals surface area contributed by atoms with E-state index in [1.54, 1.807) is 7.11 Å². The van der Waals surface area contributed by atoms with Crippen molar-refractivity contribution in [3.63, 3.8) is 0 Å². The minimum absolute atomic E-state index is 0.0895. The molecule has 26 heavy (non-hydrogen) atoms. The van der Waals surface area contributed by atoms with Crippen LogP contribution in [-0.4, -0.2) is 55.8 Å². The first kappa shape index (κ1) is 20.2. The third kappa shape index (κ3) is 5.44. The number of methoxy groups -OCH3 is 1. The van der Waals surface area contributed by atoms with Crippen LogP contribution in [0.25, 0.3) is 10.9 Å². The van der Waals surface area contributed by atoms with Crippen molar-refractivity contribution in [2.75, 3.05) is 40.8 Å². The molecule has 0 bridgehead atoms. The molecule has 3 N–H and O–H groups in total. The van der Waals surface area contributed by atoms with E-state index in [1.807, 2.05) is 31.2 Å². The number of fused-ring (bicyclic) bond motifs is 1. The minimum Gasteiger partial charge on any atom is -0.497 e. The van der Waals surface area contributed by atoms with Crippen LogP contribution < -0.4 is 20.5 Å². The lowest BCUT2D eigenvalue weighted by Crippen LogP contribution is -3.05. The van der Waals surface area contributed by atoms with Crippen molar-refractivity contribution in [3.8, 4) is 5.75 Å². The van der Waals surface area contributed by atoms with Gasteiger partial charge in [0.15, 0.2) is 5.11 Å². The molecule has 0 amide bonds. The lowest BCUT2D eigenvalue weighted by atomic mass is 10.1. The van der Waals surface area contributed by atoms with Gasteiger partial charge in [-0.3, -0.25) is 4.79 Å². The van der Waals surface area contributed by atoms with Gasteiger partial charge in [0.25, 0.3) is 5.56 Å². The monoisotopic (exact) mass is 377 g/mol. The first-order valence-electron chi connectivity index (χ1n) is 8.96. The molecular formula is C19H29N4O2S+. The summed E-state index contributed by atoms with van der Waals surface area (Å²) in [5, 5.41) is 4.87. The molecule has 0 saturated carbocycles. The van der Waals surface area contributed by atoms with Crippen LogP contribution in [0.1, 0.15) is 18.9 Å². The van der Waals surface area contributed by atoms with Gasteiger partial charge in [0, 0.05) is 31.1 Å². The van der Waals surface area contributed by atoms with Crippen molar-refractivity contribution in [3.05, 3.63) is 40.2 Å². The SMILES string of the molecule is CCNC(=S)N(CCC[NH+](C)C)Cc1cc2ccc(OC)cc2[nH]c1=O. The quantitative estimate of drug-likeness (QED) is 0.593. The van der Waals surface area contributed by atoms with Crippen LogP contribution in [0.3, 0.4) is 0 Å². The van der Waals surface area contributed by atoms with Gasteiger partial charge in [-0.05, 0) is 42.7 Å². The molecular weight excluding hydrogens is 348 g/mol. The van der Waals surface area contributed by atoms with Crippen molar-refractivity contribution >= 4 is 28.2 Å². The van der Waals surface area contributed by atoms with E-state index in [0.717, 1.165) is 42.7 Å². The molecule has 1 aromatic carbocycles. The first-order chi connectivity index (χ1) is 12.4. The number of pyridine rings is 1. The second-order valence-electron chi connectivity index (χ2n) is 6.64. The van der Waals surface area contributed by atoms with Crippen molar-refractivity contribution in [1.29, 1.82) is 0 Å². The second kappa shape index (κ2) is 9.54. The van der Waals surface area contributed by atoms with Gasteiger partial charge < -0.3 is 24.8 Å². The molecule has 0 spiro atoms. The molecule has 0 atom stereocenters. The van der Waals surface area contributed by atoms with Crippen molar-refractivity contribution < 1.29 is 9.64 Å². The number of nitrogens with zero attached hydrogens (tertiary/aromatic N) is 1. The Hall–Kier alpha value is -2.12. The number of hydrogen-bond acceptors (Lipinski definition) is 3. The summed E-state index contributed by atoms with van der Waals surface area (Å²) < 4.78 is 5.22. The maximum absolute atomic E-state index is 12.5. The van der Waals surface area contributed by atoms with Gasteiger partial charge in [0.1, 0.15) is 5.75 Å². The number of nitrogens with one attached hydrogen (secondary N) is 3. The van der Waals surface area contributed by atoms with Crippen LogP contribution in [0, 0.1) is 0 Å². The van der Waals surface area contributed by atoms with Crippen LogP contribution in [-0.2, 0) is 6.54 Å². The maximum Gasteiger partial charge on any atom is 0.253 e. The van der Waals surface area contributed by atoms with Crippen LogP contribution in [0.5, 0.6) is 5.75 Å². The summed E-state index contributed by atoms with van der Waals surface area (Å²) in [7, 11) is 5.88. The normalized spacial score (nSPS) is 11.0. The Morgan fingerprint density at radius 1 is 1.35 bits per heavy atom. The van der Waals surface area contributed by atoms with Gasteiger partial charge in [0.05, 0.1) is 39.8 Å². The predicted octanol–water partition coefficient (Wildman–Crippen LogP) is 0.768. The number of aromatic nitrogens is 1. The van der Waals surface area contributed by atoms with Gasteiger partial charge >= 0.3 is 0 Å². The van der Waals surface area contributed by atoms with E-state index < -0.39 is 0 Å². The predicted molar refractivity (Wildman–Crippen MR) is 110 cm³/mol. The Morgan fingerprint density at radius 2 is 2.12 bits per heavy atom. The van der Waals surface area contributed by atoms with Crippen molar-refractivity contribution in [2.45, 2.75) is 19.9 Å². The largest absolute Gasteiger partial charge is 0.497 e. The highest BCUT2D eigenvalue weighted by atomic mass is 32.1. The zero-order valence-corrected chi connectivity index (χ0v) is 16.8. The third-order valence-corrected chi connectivity index (χ3v) is 4.61. The van der Waals surface area contributed by atoms with Crippen LogP contribution in [0.4, 0.5) is 0 Å². The Bertz CT molecular complexity index is 804. The van der Waals surface area contributed by atoms with E-state index >= 15 is 0 Å². The lowest BCUT2D eigenvalue weighted by molar-refractivity contribution is -0.858. The summed E-state index contributed by atoms with van der Waals surface area (Å²) in [6, 6.07) is 7.62. The molecule has 0 aliphatic rings. The Balaban J connectivity index is 2.23. The molecule has 0 fully saturated rings. The summed E-state index contributed by atoms with van der Waals surface area (Å²) in [6.45, 7) is 5.15. The van der Waals surface area contributed by atoms with E-state index in [1.165, 1.54) is 4.90 Å². The highest BCUT2D eigenvalue weighted by Gasteiger charge is 2.13. The molecule has 0 aliphatic heterocycles. The molecule has 1 heterocycles. The van der Waals surface area contributed by atoms with Crippen molar-refractivity contribution in [1.82, 2.24) is 15.2 Å². The fraction of sp³-hybridized carbons (Fsp3) is 0.474. The van der Waals surface area contributed by atoms with Gasteiger partial charge in [-0.25, -0.2) is 0 Å².